The van der Waals surface area contributed by atoms with E-state index < -0.39 is 0 Å². The first-order chi connectivity index (χ1) is 30.3. The first-order valence-corrected chi connectivity index (χ1v) is 22.0. The Morgan fingerprint density at radius 1 is 0.484 bits per heavy atom. The van der Waals surface area contributed by atoms with Crippen LogP contribution in [0.4, 0.5) is 17.1 Å². The largest absolute Gasteiger partial charge is 0.454 e. The van der Waals surface area contributed by atoms with Crippen molar-refractivity contribution in [2.24, 2.45) is 0 Å². The highest BCUT2D eigenvalue weighted by molar-refractivity contribution is 6.90. The molecule has 2 aliphatic heterocycles. The van der Waals surface area contributed by atoms with Crippen molar-refractivity contribution in [3.05, 3.63) is 186 Å². The zero-order valence-electron chi connectivity index (χ0n) is 35.0. The molecule has 4 aliphatic rings. The first kappa shape index (κ1) is 33.4. The number of para-hydroxylation sites is 2. The summed E-state index contributed by atoms with van der Waals surface area (Å²) in [5.41, 5.74) is 23.5. The molecule has 9 aromatic carbocycles. The van der Waals surface area contributed by atoms with E-state index in [2.05, 4.69) is 201 Å². The van der Waals surface area contributed by atoms with Crippen LogP contribution in [0.1, 0.15) is 49.9 Å². The molecule has 0 amide bonds. The van der Waals surface area contributed by atoms with Crippen LogP contribution in [-0.2, 0) is 10.8 Å². The lowest BCUT2D eigenvalue weighted by molar-refractivity contribution is 0.660. The van der Waals surface area contributed by atoms with E-state index in [1.54, 1.807) is 0 Å². The van der Waals surface area contributed by atoms with E-state index in [-0.39, 0.29) is 17.7 Å². The number of hydrogen-bond acceptors (Lipinski definition) is 2. The van der Waals surface area contributed by atoms with Crippen molar-refractivity contribution in [2.45, 2.75) is 38.5 Å². The summed E-state index contributed by atoms with van der Waals surface area (Å²) in [7, 11) is 0. The number of aromatic nitrogens is 1. The average Bonchev–Trinajstić information content (AvgIpc) is 3.98. The molecule has 0 N–H and O–H groups in total. The Labute approximate surface area is 359 Å². The van der Waals surface area contributed by atoms with E-state index in [4.69, 9.17) is 4.42 Å². The third-order valence-corrected chi connectivity index (χ3v) is 15.5. The van der Waals surface area contributed by atoms with Crippen LogP contribution in [0, 0.1) is 0 Å². The van der Waals surface area contributed by atoms with Crippen LogP contribution in [0.15, 0.2) is 168 Å². The molecule has 15 rings (SSSR count). The maximum atomic E-state index is 7.19. The third kappa shape index (κ3) is 3.79. The molecule has 0 unspecified atom stereocenters. The molecular formula is C58H39BN2O. The predicted octanol–water partition coefficient (Wildman–Crippen LogP) is 13.9. The Kier molecular flexibility index (Phi) is 5.91. The molecule has 11 aromatic rings. The molecule has 0 radical (unpaired) electrons. The van der Waals surface area contributed by atoms with Crippen molar-refractivity contribution in [3.63, 3.8) is 0 Å². The summed E-state index contributed by atoms with van der Waals surface area (Å²) in [5.74, 6) is 0. The molecule has 0 saturated heterocycles. The Morgan fingerprint density at radius 2 is 1.15 bits per heavy atom. The zero-order chi connectivity index (χ0) is 41.0. The van der Waals surface area contributed by atoms with Crippen LogP contribution in [0.25, 0.3) is 87.9 Å². The zero-order valence-corrected chi connectivity index (χ0v) is 35.0. The van der Waals surface area contributed by atoms with Crippen molar-refractivity contribution in [1.82, 2.24) is 4.48 Å². The van der Waals surface area contributed by atoms with Gasteiger partial charge in [-0.15, -0.1) is 0 Å². The fourth-order valence-corrected chi connectivity index (χ4v) is 12.8. The highest BCUT2D eigenvalue weighted by Gasteiger charge is 2.47. The summed E-state index contributed by atoms with van der Waals surface area (Å²) in [5, 5.41) is 7.47. The number of nitrogens with zero attached hydrogens (tertiary/aromatic N) is 2. The summed E-state index contributed by atoms with van der Waals surface area (Å²) < 4.78 is 9.89. The quantitative estimate of drug-likeness (QED) is 0.154. The van der Waals surface area contributed by atoms with E-state index in [1.165, 1.54) is 105 Å². The Bertz CT molecular complexity index is 3900. The van der Waals surface area contributed by atoms with Gasteiger partial charge in [0, 0.05) is 60.3 Å². The summed E-state index contributed by atoms with van der Waals surface area (Å²) in [6.45, 7) is 9.45. The van der Waals surface area contributed by atoms with Gasteiger partial charge in [0.25, 0.3) is 0 Å². The second kappa shape index (κ2) is 11.0. The van der Waals surface area contributed by atoms with Crippen molar-refractivity contribution in [1.29, 1.82) is 0 Å². The van der Waals surface area contributed by atoms with Crippen LogP contribution in [-0.4, -0.2) is 11.3 Å². The number of furan rings is 1. The highest BCUT2D eigenvalue weighted by atomic mass is 16.3. The third-order valence-electron chi connectivity index (χ3n) is 15.5. The van der Waals surface area contributed by atoms with Gasteiger partial charge < -0.3 is 13.8 Å². The maximum Gasteiger partial charge on any atom is 0.333 e. The lowest BCUT2D eigenvalue weighted by Gasteiger charge is -2.41. The van der Waals surface area contributed by atoms with Gasteiger partial charge in [-0.3, -0.25) is 0 Å². The monoisotopic (exact) mass is 790 g/mol. The standard InChI is InChI=1S/C58H39BN2O/c1-57(2)44-21-10-7-16-35(44)40-28-33(25-26-46(40)57)60-50-30-41-36-17-8-11-22-45(36)58(3,4)47(41)31-48(50)59-53-42(29-43-37-18-9-12-23-51(37)62-56(43)55(53)60)38-19-13-20-39-52-34-15-6-5-14-32(34)24-27-49(52)61(59)54(38)39/h5-31H,1-4H3. The van der Waals surface area contributed by atoms with Gasteiger partial charge in [-0.25, -0.2) is 0 Å². The smallest absolute Gasteiger partial charge is 0.333 e. The van der Waals surface area contributed by atoms with Crippen LogP contribution >= 0.6 is 0 Å². The minimum Gasteiger partial charge on any atom is -0.454 e. The fourth-order valence-electron chi connectivity index (χ4n) is 12.8. The topological polar surface area (TPSA) is 21.3 Å². The molecule has 2 aromatic heterocycles. The lowest BCUT2D eigenvalue weighted by Crippen LogP contribution is -2.57. The van der Waals surface area contributed by atoms with Crippen molar-refractivity contribution >= 4 is 89.4 Å². The van der Waals surface area contributed by atoms with Gasteiger partial charge in [0.15, 0.2) is 5.58 Å². The van der Waals surface area contributed by atoms with Gasteiger partial charge in [-0.2, -0.15) is 0 Å². The molecular weight excluding hydrogens is 751 g/mol. The van der Waals surface area contributed by atoms with Gasteiger partial charge in [-0.1, -0.05) is 155 Å². The number of hydrogen-bond donors (Lipinski definition) is 0. The minimum atomic E-state index is -0.169. The van der Waals surface area contributed by atoms with Crippen molar-refractivity contribution < 1.29 is 4.42 Å². The molecule has 3 nitrogen and oxygen atoms in total. The highest BCUT2D eigenvalue weighted by Crippen LogP contribution is 2.56. The van der Waals surface area contributed by atoms with Gasteiger partial charge in [0.05, 0.1) is 5.69 Å². The summed E-state index contributed by atoms with van der Waals surface area (Å²) in [4.78, 5) is 2.59. The molecule has 0 fully saturated rings. The van der Waals surface area contributed by atoms with Gasteiger partial charge in [-0.05, 0) is 108 Å². The van der Waals surface area contributed by atoms with E-state index in [1.807, 2.05) is 0 Å². The second-order valence-electron chi connectivity index (χ2n) is 19.2. The van der Waals surface area contributed by atoms with Crippen LogP contribution < -0.4 is 15.8 Å². The van der Waals surface area contributed by atoms with Crippen molar-refractivity contribution in [3.8, 4) is 33.4 Å². The molecule has 0 spiro atoms. The summed E-state index contributed by atoms with van der Waals surface area (Å²) in [6.07, 6.45) is 0. The molecule has 0 atom stereocenters. The predicted molar refractivity (Wildman–Crippen MR) is 260 cm³/mol. The van der Waals surface area contributed by atoms with Gasteiger partial charge >= 0.3 is 6.85 Å². The van der Waals surface area contributed by atoms with Crippen molar-refractivity contribution in [2.75, 3.05) is 4.90 Å². The van der Waals surface area contributed by atoms with E-state index in [0.29, 0.717) is 0 Å². The number of fused-ring (bicyclic) bond motifs is 19. The molecule has 290 valence electrons. The molecule has 4 heterocycles. The Hall–Kier alpha value is -7.30. The minimum absolute atomic E-state index is 0.0991. The SMILES string of the molecule is CC1(C)c2ccccc2-c2cc(N3c4cc5c(cc4B4c6c(cc7c(oc8ccccc87)c63)-c3cccc6c7c8ccccc8ccc7n4c36)C(C)(C)c3ccccc3-5)ccc21. The molecule has 0 bridgehead atoms. The van der Waals surface area contributed by atoms with E-state index in [0.717, 1.165) is 33.3 Å². The second-order valence-corrected chi connectivity index (χ2v) is 19.2. The van der Waals surface area contributed by atoms with E-state index >= 15 is 0 Å². The lowest BCUT2D eigenvalue weighted by atomic mass is 9.44. The first-order valence-electron chi connectivity index (χ1n) is 22.0. The average molecular weight is 791 g/mol. The number of anilines is 3. The summed E-state index contributed by atoms with van der Waals surface area (Å²) in [6, 6.07) is 62.1. The van der Waals surface area contributed by atoms with Crippen LogP contribution in [0.2, 0.25) is 0 Å². The molecule has 2 aliphatic carbocycles. The number of rotatable bonds is 1. The Balaban J connectivity index is 1.15. The van der Waals surface area contributed by atoms with E-state index in [9.17, 15) is 0 Å². The normalized spacial score (nSPS) is 15.6. The van der Waals surface area contributed by atoms with Gasteiger partial charge in [0.2, 0.25) is 0 Å². The van der Waals surface area contributed by atoms with Crippen LogP contribution in [0.3, 0.4) is 0 Å². The summed E-state index contributed by atoms with van der Waals surface area (Å²) >= 11 is 0. The molecule has 0 saturated carbocycles. The molecule has 4 heteroatoms. The van der Waals surface area contributed by atoms with Crippen LogP contribution in [0.5, 0.6) is 0 Å². The van der Waals surface area contributed by atoms with Gasteiger partial charge in [0.1, 0.15) is 5.58 Å². The fraction of sp³-hybridized carbons (Fsp3) is 0.103. The maximum absolute atomic E-state index is 7.19. The number of benzene rings is 9. The molecule has 62 heavy (non-hydrogen) atoms. The Morgan fingerprint density at radius 3 is 1.97 bits per heavy atom.